The number of aromatic hydroxyl groups is 2. The Morgan fingerprint density at radius 1 is 0.867 bits per heavy atom. The monoisotopic (exact) mass is 412 g/mol. The summed E-state index contributed by atoms with van der Waals surface area (Å²) >= 11 is 0. The van der Waals surface area contributed by atoms with Gasteiger partial charge in [-0.05, 0) is 57.6 Å². The molecule has 164 valence electrons. The molecule has 4 nitrogen and oxygen atoms in total. The zero-order valence-electron chi connectivity index (χ0n) is 19.6. The molecule has 0 aliphatic heterocycles. The van der Waals surface area contributed by atoms with Crippen molar-refractivity contribution in [1.82, 2.24) is 0 Å². The number of rotatable bonds is 5. The van der Waals surface area contributed by atoms with Crippen LogP contribution < -0.4 is 0 Å². The van der Waals surface area contributed by atoms with Gasteiger partial charge in [0.15, 0.2) is 0 Å². The summed E-state index contributed by atoms with van der Waals surface area (Å²) in [5, 5.41) is 30.9. The molecule has 0 aliphatic carbocycles. The molecular weight excluding hydrogens is 376 g/mol. The Morgan fingerprint density at radius 3 is 1.87 bits per heavy atom. The van der Waals surface area contributed by atoms with E-state index in [2.05, 4.69) is 20.8 Å². The number of carboxylic acid groups (broad SMARTS) is 1. The summed E-state index contributed by atoms with van der Waals surface area (Å²) in [6, 6.07) is 7.81. The molecule has 0 spiro atoms. The zero-order chi connectivity index (χ0) is 23.0. The first-order valence-electron chi connectivity index (χ1n) is 10.5. The van der Waals surface area contributed by atoms with Gasteiger partial charge in [-0.15, -0.1) is 0 Å². The fourth-order valence-electron chi connectivity index (χ4n) is 3.77. The highest BCUT2D eigenvalue weighted by Gasteiger charge is 2.24. The van der Waals surface area contributed by atoms with Crippen LogP contribution in [0.25, 0.3) is 0 Å². The van der Waals surface area contributed by atoms with Gasteiger partial charge in [0, 0.05) is 6.42 Å². The summed E-state index contributed by atoms with van der Waals surface area (Å²) in [5.74, 6) is -0.753. The van der Waals surface area contributed by atoms with Crippen LogP contribution in [-0.4, -0.2) is 21.3 Å². The third kappa shape index (κ3) is 5.35. The number of hydrogen-bond donors (Lipinski definition) is 3. The van der Waals surface area contributed by atoms with Gasteiger partial charge in [0.2, 0.25) is 0 Å². The predicted molar refractivity (Wildman–Crippen MR) is 122 cm³/mol. The highest BCUT2D eigenvalue weighted by atomic mass is 16.4. The van der Waals surface area contributed by atoms with Crippen LogP contribution in [0.5, 0.6) is 11.5 Å². The van der Waals surface area contributed by atoms with Crippen molar-refractivity contribution in [1.29, 1.82) is 0 Å². The normalized spacial score (nSPS) is 13.3. The molecule has 4 heteroatoms. The molecule has 2 aromatic rings. The van der Waals surface area contributed by atoms with E-state index >= 15 is 0 Å². The second kappa shape index (κ2) is 8.33. The van der Waals surface area contributed by atoms with Crippen LogP contribution in [0, 0.1) is 12.8 Å². The van der Waals surface area contributed by atoms with E-state index in [1.165, 1.54) is 0 Å². The van der Waals surface area contributed by atoms with Crippen LogP contribution in [0.1, 0.15) is 81.8 Å². The molecule has 0 bridgehead atoms. The molecule has 1 unspecified atom stereocenters. The SMILES string of the molecule is Cc1cc(Cc2cc(CC(C)C(=O)O)cc(C(C)(C)C)c2O)cc(C(C)(C)C)c1O. The van der Waals surface area contributed by atoms with Gasteiger partial charge in [-0.3, -0.25) is 4.79 Å². The molecule has 2 rings (SSSR count). The van der Waals surface area contributed by atoms with Crippen molar-refractivity contribution in [2.45, 2.75) is 79.1 Å². The molecule has 0 saturated carbocycles. The Labute approximate surface area is 180 Å². The quantitative estimate of drug-likeness (QED) is 0.575. The zero-order valence-corrected chi connectivity index (χ0v) is 19.6. The Morgan fingerprint density at radius 2 is 1.37 bits per heavy atom. The average molecular weight is 413 g/mol. The van der Waals surface area contributed by atoms with Gasteiger partial charge in [-0.25, -0.2) is 0 Å². The van der Waals surface area contributed by atoms with Gasteiger partial charge >= 0.3 is 5.97 Å². The van der Waals surface area contributed by atoms with Crippen molar-refractivity contribution in [3.05, 3.63) is 57.6 Å². The number of carboxylic acids is 1. The summed E-state index contributed by atoms with van der Waals surface area (Å²) in [6.45, 7) is 15.9. The molecule has 0 heterocycles. The van der Waals surface area contributed by atoms with Crippen molar-refractivity contribution >= 4 is 5.97 Å². The number of carbonyl (C=O) groups is 1. The molecule has 0 amide bonds. The summed E-state index contributed by atoms with van der Waals surface area (Å²) in [5.41, 5.74) is 4.72. The lowest BCUT2D eigenvalue weighted by molar-refractivity contribution is -0.141. The Kier molecular flexibility index (Phi) is 6.60. The first-order chi connectivity index (χ1) is 13.6. The van der Waals surface area contributed by atoms with Crippen molar-refractivity contribution < 1.29 is 20.1 Å². The van der Waals surface area contributed by atoms with Crippen molar-refractivity contribution in [2.75, 3.05) is 0 Å². The van der Waals surface area contributed by atoms with E-state index in [4.69, 9.17) is 0 Å². The summed E-state index contributed by atoms with van der Waals surface area (Å²) in [7, 11) is 0. The van der Waals surface area contributed by atoms with Gasteiger partial charge in [-0.2, -0.15) is 0 Å². The van der Waals surface area contributed by atoms with E-state index in [0.717, 1.165) is 33.4 Å². The Bertz CT molecular complexity index is 943. The maximum atomic E-state index is 11.4. The number of hydrogen-bond acceptors (Lipinski definition) is 3. The maximum absolute atomic E-state index is 11.4. The van der Waals surface area contributed by atoms with E-state index in [1.807, 2.05) is 52.0 Å². The van der Waals surface area contributed by atoms with Gasteiger partial charge in [0.25, 0.3) is 0 Å². The fourth-order valence-corrected chi connectivity index (χ4v) is 3.77. The van der Waals surface area contributed by atoms with Crippen LogP contribution >= 0.6 is 0 Å². The highest BCUT2D eigenvalue weighted by Crippen LogP contribution is 2.38. The van der Waals surface area contributed by atoms with Crippen LogP contribution in [0.4, 0.5) is 0 Å². The van der Waals surface area contributed by atoms with Gasteiger partial charge in [0.05, 0.1) is 5.92 Å². The lowest BCUT2D eigenvalue weighted by Crippen LogP contribution is -2.16. The minimum atomic E-state index is -0.828. The van der Waals surface area contributed by atoms with Crippen LogP contribution in [0.15, 0.2) is 24.3 Å². The van der Waals surface area contributed by atoms with E-state index in [-0.39, 0.29) is 16.6 Å². The number of phenols is 2. The lowest BCUT2D eigenvalue weighted by atomic mass is 9.81. The third-order valence-corrected chi connectivity index (χ3v) is 5.58. The number of phenolic OH excluding ortho intramolecular Hbond substituents is 2. The van der Waals surface area contributed by atoms with E-state index in [0.29, 0.717) is 18.6 Å². The second-order valence-electron chi connectivity index (χ2n) is 10.6. The smallest absolute Gasteiger partial charge is 0.306 e. The fraction of sp³-hybridized carbons (Fsp3) is 0.500. The molecule has 2 aromatic carbocycles. The number of aryl methyl sites for hydroxylation is 1. The summed E-state index contributed by atoms with van der Waals surface area (Å²) < 4.78 is 0. The predicted octanol–water partition coefficient (Wildman–Crippen LogP) is 5.86. The molecule has 30 heavy (non-hydrogen) atoms. The van der Waals surface area contributed by atoms with E-state index in [9.17, 15) is 20.1 Å². The van der Waals surface area contributed by atoms with Crippen molar-refractivity contribution in [3.63, 3.8) is 0 Å². The van der Waals surface area contributed by atoms with Gasteiger partial charge in [-0.1, -0.05) is 72.7 Å². The highest BCUT2D eigenvalue weighted by molar-refractivity contribution is 5.70. The summed E-state index contributed by atoms with van der Waals surface area (Å²) in [4.78, 5) is 11.4. The van der Waals surface area contributed by atoms with Gasteiger partial charge < -0.3 is 15.3 Å². The number of aliphatic carboxylic acids is 1. The standard InChI is InChI=1S/C26H36O4/c1-15-9-17(13-20(22(15)27)25(3,4)5)11-19-12-18(10-16(2)24(29)30)14-21(23(19)28)26(6,7)8/h9,12-14,16,27-28H,10-11H2,1-8H3,(H,29,30). The van der Waals surface area contributed by atoms with Crippen molar-refractivity contribution in [2.24, 2.45) is 5.92 Å². The molecule has 0 fully saturated rings. The lowest BCUT2D eigenvalue weighted by Gasteiger charge is -2.25. The molecule has 0 aliphatic rings. The first kappa shape index (κ1) is 23.8. The molecular formula is C26H36O4. The largest absolute Gasteiger partial charge is 0.507 e. The average Bonchev–Trinajstić information content (AvgIpc) is 2.58. The maximum Gasteiger partial charge on any atom is 0.306 e. The molecule has 0 saturated heterocycles. The first-order valence-corrected chi connectivity index (χ1v) is 10.5. The van der Waals surface area contributed by atoms with Gasteiger partial charge in [0.1, 0.15) is 11.5 Å². The minimum absolute atomic E-state index is 0.206. The Balaban J connectivity index is 2.58. The minimum Gasteiger partial charge on any atom is -0.507 e. The van der Waals surface area contributed by atoms with Crippen molar-refractivity contribution in [3.8, 4) is 11.5 Å². The second-order valence-corrected chi connectivity index (χ2v) is 10.6. The van der Waals surface area contributed by atoms with Crippen LogP contribution in [-0.2, 0) is 28.5 Å². The Hall–Kier alpha value is -2.49. The topological polar surface area (TPSA) is 77.8 Å². The van der Waals surface area contributed by atoms with Crippen LogP contribution in [0.2, 0.25) is 0 Å². The molecule has 0 aromatic heterocycles. The number of benzene rings is 2. The molecule has 3 N–H and O–H groups in total. The third-order valence-electron chi connectivity index (χ3n) is 5.58. The van der Waals surface area contributed by atoms with Crippen LogP contribution in [0.3, 0.4) is 0 Å². The van der Waals surface area contributed by atoms with E-state index < -0.39 is 11.9 Å². The molecule has 0 radical (unpaired) electrons. The molecule has 1 atom stereocenters. The summed E-state index contributed by atoms with van der Waals surface area (Å²) in [6.07, 6.45) is 0.919. The van der Waals surface area contributed by atoms with E-state index in [1.54, 1.807) is 6.92 Å².